The Balaban J connectivity index is 1.90. The van der Waals surface area contributed by atoms with Crippen LogP contribution in [0.5, 0.6) is 5.75 Å². The molecular formula is C26H30O3Se. The molecule has 0 bridgehead atoms. The van der Waals surface area contributed by atoms with E-state index in [4.69, 9.17) is 9.47 Å². The number of carbonyl (C=O) groups excluding carboxylic acids is 1. The third kappa shape index (κ3) is 4.59. The standard InChI is InChI=1S/C26H30O3Se/c1-7-29-24(27)19-10-8-18(9-11-19)14-17-30-21-13-12-20(28-6)22-23(21)26(4,5)16-15-25(22,2)3/h8-13H,7,15-16H2,1-6H3. The molecule has 1 aliphatic rings. The van der Waals surface area contributed by atoms with Gasteiger partial charge in [0, 0.05) is 0 Å². The molecule has 3 rings (SSSR count). The third-order valence-electron chi connectivity index (χ3n) is 5.83. The third-order valence-corrected chi connectivity index (χ3v) is 7.43. The molecule has 0 atom stereocenters. The molecule has 0 radical (unpaired) electrons. The number of benzene rings is 2. The molecule has 0 N–H and O–H groups in total. The van der Waals surface area contributed by atoms with Gasteiger partial charge in [-0.1, -0.05) is 0 Å². The van der Waals surface area contributed by atoms with Crippen LogP contribution < -0.4 is 9.20 Å². The number of esters is 1. The quantitative estimate of drug-likeness (QED) is 0.374. The molecular weight excluding hydrogens is 439 g/mol. The molecule has 0 heterocycles. The molecule has 0 saturated heterocycles. The van der Waals surface area contributed by atoms with Crippen LogP contribution in [-0.2, 0) is 15.6 Å². The van der Waals surface area contributed by atoms with Crippen LogP contribution in [0.2, 0.25) is 0 Å². The minimum absolute atomic E-state index is 0.0286. The Kier molecular flexibility index (Phi) is 6.65. The average molecular weight is 469 g/mol. The predicted octanol–water partition coefficient (Wildman–Crippen LogP) is 4.56. The Bertz CT molecular complexity index is 991. The number of fused-ring (bicyclic) bond motifs is 1. The summed E-state index contributed by atoms with van der Waals surface area (Å²) in [6, 6.07) is 11.6. The van der Waals surface area contributed by atoms with Gasteiger partial charge in [0.15, 0.2) is 0 Å². The molecule has 3 nitrogen and oxygen atoms in total. The molecule has 0 aliphatic heterocycles. The average Bonchev–Trinajstić information content (AvgIpc) is 2.72. The van der Waals surface area contributed by atoms with Crippen LogP contribution in [0.3, 0.4) is 0 Å². The molecule has 2 aromatic rings. The SMILES string of the molecule is CCOC(=O)c1ccc(C#C[Se]c2ccc(OC)c3c2C(C)(C)CCC3(C)C)cc1. The number of rotatable bonds is 4. The summed E-state index contributed by atoms with van der Waals surface area (Å²) < 4.78 is 12.1. The van der Waals surface area contributed by atoms with Gasteiger partial charge < -0.3 is 0 Å². The van der Waals surface area contributed by atoms with Crippen molar-refractivity contribution in [2.45, 2.75) is 58.3 Å². The first-order valence-electron chi connectivity index (χ1n) is 10.4. The van der Waals surface area contributed by atoms with E-state index in [1.54, 1.807) is 26.2 Å². The topological polar surface area (TPSA) is 35.5 Å². The predicted molar refractivity (Wildman–Crippen MR) is 123 cm³/mol. The second-order valence-electron chi connectivity index (χ2n) is 8.91. The van der Waals surface area contributed by atoms with Gasteiger partial charge in [-0.3, -0.25) is 0 Å². The van der Waals surface area contributed by atoms with E-state index in [9.17, 15) is 4.79 Å². The summed E-state index contributed by atoms with van der Waals surface area (Å²) >= 11 is 0.0286. The number of hydrogen-bond acceptors (Lipinski definition) is 3. The van der Waals surface area contributed by atoms with Gasteiger partial charge in [-0.2, -0.15) is 0 Å². The molecule has 158 valence electrons. The molecule has 2 aromatic carbocycles. The maximum absolute atomic E-state index is 11.8. The van der Waals surface area contributed by atoms with Crippen molar-refractivity contribution >= 4 is 25.4 Å². The monoisotopic (exact) mass is 470 g/mol. The van der Waals surface area contributed by atoms with Gasteiger partial charge in [0.1, 0.15) is 0 Å². The summed E-state index contributed by atoms with van der Waals surface area (Å²) in [5.41, 5.74) is 4.44. The first kappa shape index (κ1) is 22.5. The van der Waals surface area contributed by atoms with Gasteiger partial charge in [0.05, 0.1) is 0 Å². The van der Waals surface area contributed by atoms with E-state index >= 15 is 0 Å². The normalized spacial score (nSPS) is 16.1. The minimum atomic E-state index is -0.295. The van der Waals surface area contributed by atoms with E-state index in [0.29, 0.717) is 12.2 Å². The Hall–Kier alpha value is -2.21. The van der Waals surface area contributed by atoms with E-state index in [1.165, 1.54) is 15.6 Å². The van der Waals surface area contributed by atoms with Crippen LogP contribution in [-0.4, -0.2) is 34.6 Å². The Morgan fingerprint density at radius 1 is 1.00 bits per heavy atom. The zero-order valence-electron chi connectivity index (χ0n) is 18.7. The summed E-state index contributed by atoms with van der Waals surface area (Å²) in [6.07, 6.45) is 2.31. The number of ether oxygens (including phenoxy) is 2. The number of carbonyl (C=O) groups is 1. The van der Waals surface area contributed by atoms with Gasteiger partial charge in [0.25, 0.3) is 0 Å². The van der Waals surface area contributed by atoms with Crippen molar-refractivity contribution in [2.75, 3.05) is 13.7 Å². The summed E-state index contributed by atoms with van der Waals surface area (Å²) in [5, 5.41) is 0. The van der Waals surface area contributed by atoms with Crippen LogP contribution in [0.4, 0.5) is 0 Å². The van der Waals surface area contributed by atoms with Crippen molar-refractivity contribution in [1.29, 1.82) is 0 Å². The summed E-state index contributed by atoms with van der Waals surface area (Å²) in [5.74, 6) is 3.96. The summed E-state index contributed by atoms with van der Waals surface area (Å²) in [4.78, 5) is 15.2. The fourth-order valence-corrected chi connectivity index (χ4v) is 5.96. The summed E-state index contributed by atoms with van der Waals surface area (Å²) in [6.45, 7) is 11.5. The van der Waals surface area contributed by atoms with Crippen molar-refractivity contribution in [2.24, 2.45) is 0 Å². The van der Waals surface area contributed by atoms with E-state index in [0.717, 1.165) is 24.2 Å². The van der Waals surface area contributed by atoms with Crippen molar-refractivity contribution in [3.05, 3.63) is 58.7 Å². The van der Waals surface area contributed by atoms with E-state index in [2.05, 4.69) is 50.6 Å². The maximum atomic E-state index is 11.8. The van der Waals surface area contributed by atoms with E-state index in [1.807, 2.05) is 12.1 Å². The van der Waals surface area contributed by atoms with Gasteiger partial charge in [-0.25, -0.2) is 0 Å². The van der Waals surface area contributed by atoms with Crippen LogP contribution in [0.25, 0.3) is 0 Å². The van der Waals surface area contributed by atoms with Gasteiger partial charge in [0.2, 0.25) is 0 Å². The summed E-state index contributed by atoms with van der Waals surface area (Å²) in [7, 11) is 1.76. The zero-order valence-corrected chi connectivity index (χ0v) is 20.4. The van der Waals surface area contributed by atoms with Crippen LogP contribution in [0.1, 0.15) is 74.5 Å². The van der Waals surface area contributed by atoms with Gasteiger partial charge in [-0.15, -0.1) is 0 Å². The van der Waals surface area contributed by atoms with E-state index in [-0.39, 0.29) is 31.8 Å². The van der Waals surface area contributed by atoms with Crippen LogP contribution in [0, 0.1) is 10.7 Å². The molecule has 0 aromatic heterocycles. The van der Waals surface area contributed by atoms with Crippen molar-refractivity contribution in [1.82, 2.24) is 0 Å². The Morgan fingerprint density at radius 2 is 1.63 bits per heavy atom. The molecule has 0 spiro atoms. The Morgan fingerprint density at radius 3 is 2.23 bits per heavy atom. The first-order chi connectivity index (χ1) is 14.2. The fourth-order valence-electron chi connectivity index (χ4n) is 4.08. The van der Waals surface area contributed by atoms with Crippen LogP contribution in [0.15, 0.2) is 36.4 Å². The zero-order chi connectivity index (χ0) is 21.9. The van der Waals surface area contributed by atoms with Crippen LogP contribution >= 0.6 is 0 Å². The fraction of sp³-hybridized carbons (Fsp3) is 0.423. The molecule has 0 amide bonds. The molecule has 0 saturated carbocycles. The molecule has 30 heavy (non-hydrogen) atoms. The van der Waals surface area contributed by atoms with Crippen molar-refractivity contribution < 1.29 is 14.3 Å². The molecule has 4 heteroatoms. The van der Waals surface area contributed by atoms with Gasteiger partial charge in [-0.05, 0) is 0 Å². The number of methoxy groups -OCH3 is 1. The molecule has 1 aliphatic carbocycles. The first-order valence-corrected chi connectivity index (χ1v) is 12.1. The van der Waals surface area contributed by atoms with E-state index < -0.39 is 0 Å². The number of hydrogen-bond donors (Lipinski definition) is 0. The second kappa shape index (κ2) is 8.88. The molecule has 0 fully saturated rings. The molecule has 0 unspecified atom stereocenters. The van der Waals surface area contributed by atoms with Gasteiger partial charge >= 0.3 is 187 Å². The van der Waals surface area contributed by atoms with Crippen molar-refractivity contribution in [3.8, 4) is 16.5 Å². The second-order valence-corrected chi connectivity index (χ2v) is 10.7. The van der Waals surface area contributed by atoms with Crippen molar-refractivity contribution in [3.63, 3.8) is 0 Å². The Labute approximate surface area is 186 Å².